The average Bonchev–Trinajstić information content (AvgIpc) is 2.36. The smallest absolute Gasteiger partial charge is 0.0689 e. The van der Waals surface area contributed by atoms with Gasteiger partial charge in [0.2, 0.25) is 0 Å². The molecule has 1 aliphatic rings. The lowest BCUT2D eigenvalue weighted by Gasteiger charge is -2.24. The molecular formula is C8H10NO-. The number of nitrogens with one attached hydrogen (secondary N) is 1. The van der Waals surface area contributed by atoms with Crippen LogP contribution in [0.1, 0.15) is 17.2 Å². The maximum absolute atomic E-state index is 9.39. The van der Waals surface area contributed by atoms with Crippen molar-refractivity contribution in [3.63, 3.8) is 0 Å². The molecule has 0 amide bonds. The summed E-state index contributed by atoms with van der Waals surface area (Å²) in [5.41, 5.74) is 2.33. The molecule has 1 unspecified atom stereocenters. The summed E-state index contributed by atoms with van der Waals surface area (Å²) in [7, 11) is 0. The molecule has 1 atom stereocenters. The molecule has 0 radical (unpaired) electrons. The van der Waals surface area contributed by atoms with Crippen LogP contribution in [-0.2, 0) is 6.54 Å². The van der Waals surface area contributed by atoms with Gasteiger partial charge in [-0.3, -0.25) is 0 Å². The van der Waals surface area contributed by atoms with Crippen LogP contribution in [0.5, 0.6) is 0 Å². The number of aliphatic hydroxyl groups is 1. The van der Waals surface area contributed by atoms with E-state index in [1.165, 1.54) is 5.56 Å². The van der Waals surface area contributed by atoms with Crippen LogP contribution in [0, 0.1) is 0 Å². The number of rotatable bonds is 0. The van der Waals surface area contributed by atoms with Crippen LogP contribution < -0.4 is 5.32 Å². The first kappa shape index (κ1) is 6.01. The highest BCUT2D eigenvalue weighted by molar-refractivity contribution is 5.32. The van der Waals surface area contributed by atoms with E-state index in [1.54, 1.807) is 0 Å². The molecular weight excluding hydrogens is 126 g/mol. The summed E-state index contributed by atoms with van der Waals surface area (Å²) < 4.78 is 0. The number of aliphatic hydroxyl groups excluding tert-OH is 1. The van der Waals surface area contributed by atoms with Crippen molar-refractivity contribution in [2.75, 3.05) is 6.54 Å². The van der Waals surface area contributed by atoms with Crippen LogP contribution in [0.4, 0.5) is 0 Å². The topological polar surface area (TPSA) is 32.3 Å². The minimum Gasteiger partial charge on any atom is -0.389 e. The van der Waals surface area contributed by atoms with Crippen molar-refractivity contribution in [2.45, 2.75) is 12.6 Å². The average molecular weight is 136 g/mol. The molecule has 1 aliphatic heterocycles. The third-order valence-corrected chi connectivity index (χ3v) is 1.96. The normalized spacial score (nSPS) is 24.3. The van der Waals surface area contributed by atoms with Crippen LogP contribution in [0.2, 0.25) is 0 Å². The van der Waals surface area contributed by atoms with Crippen LogP contribution in [-0.4, -0.2) is 11.7 Å². The third-order valence-electron chi connectivity index (χ3n) is 1.96. The molecule has 2 heteroatoms. The van der Waals surface area contributed by atoms with E-state index >= 15 is 0 Å². The molecule has 2 N–H and O–H groups in total. The van der Waals surface area contributed by atoms with Crippen LogP contribution >= 0.6 is 0 Å². The predicted octanol–water partition coefficient (Wildman–Crippen LogP) is 0.542. The summed E-state index contributed by atoms with van der Waals surface area (Å²) in [4.78, 5) is 0. The zero-order valence-corrected chi connectivity index (χ0v) is 5.67. The van der Waals surface area contributed by atoms with Gasteiger partial charge in [0.1, 0.15) is 0 Å². The minimum atomic E-state index is -0.293. The van der Waals surface area contributed by atoms with E-state index in [0.29, 0.717) is 6.54 Å². The third kappa shape index (κ3) is 0.770. The molecule has 1 aromatic rings. The van der Waals surface area contributed by atoms with Crippen molar-refractivity contribution < 1.29 is 5.11 Å². The van der Waals surface area contributed by atoms with E-state index in [2.05, 4.69) is 5.32 Å². The zero-order valence-electron chi connectivity index (χ0n) is 5.67. The molecule has 54 valence electrons. The Hall–Kier alpha value is -0.730. The molecule has 1 heterocycles. The number of hydrogen-bond donors (Lipinski definition) is 2. The Balaban J connectivity index is 2.41. The second kappa shape index (κ2) is 2.15. The standard InChI is InChI=1S/C8H10NO/c10-8-5-9-4-6-2-1-3-7(6)8/h1-3,8-10H,4-5H2/q-1. The van der Waals surface area contributed by atoms with Gasteiger partial charge in [-0.15, -0.1) is 5.56 Å². The Morgan fingerprint density at radius 1 is 1.70 bits per heavy atom. The van der Waals surface area contributed by atoms with Gasteiger partial charge in [-0.1, -0.05) is 0 Å². The molecule has 0 bridgehead atoms. The van der Waals surface area contributed by atoms with Crippen LogP contribution in [0.15, 0.2) is 18.2 Å². The fourth-order valence-corrected chi connectivity index (χ4v) is 1.41. The molecule has 0 saturated heterocycles. The quantitative estimate of drug-likeness (QED) is 0.510. The van der Waals surface area contributed by atoms with E-state index in [9.17, 15) is 5.11 Å². The summed E-state index contributed by atoms with van der Waals surface area (Å²) in [5.74, 6) is 0. The van der Waals surface area contributed by atoms with Gasteiger partial charge in [-0.2, -0.15) is 17.7 Å². The second-order valence-electron chi connectivity index (χ2n) is 2.65. The molecule has 2 nitrogen and oxygen atoms in total. The highest BCUT2D eigenvalue weighted by Crippen LogP contribution is 2.21. The Labute approximate surface area is 59.9 Å². The summed E-state index contributed by atoms with van der Waals surface area (Å²) in [6.07, 6.45) is -0.293. The lowest BCUT2D eigenvalue weighted by atomic mass is 10.1. The highest BCUT2D eigenvalue weighted by Gasteiger charge is 2.09. The summed E-state index contributed by atoms with van der Waals surface area (Å²) in [6, 6.07) is 6.02. The summed E-state index contributed by atoms with van der Waals surface area (Å²) in [6.45, 7) is 1.59. The highest BCUT2D eigenvalue weighted by atomic mass is 16.3. The van der Waals surface area contributed by atoms with E-state index in [-0.39, 0.29) is 6.10 Å². The molecule has 0 spiro atoms. The molecule has 10 heavy (non-hydrogen) atoms. The van der Waals surface area contributed by atoms with Crippen molar-refractivity contribution >= 4 is 0 Å². The summed E-state index contributed by atoms with van der Waals surface area (Å²) >= 11 is 0. The largest absolute Gasteiger partial charge is 0.389 e. The molecule has 0 aliphatic carbocycles. The van der Waals surface area contributed by atoms with Gasteiger partial charge in [0.25, 0.3) is 0 Å². The summed E-state index contributed by atoms with van der Waals surface area (Å²) in [5, 5.41) is 12.5. The van der Waals surface area contributed by atoms with Crippen LogP contribution in [0.3, 0.4) is 0 Å². The van der Waals surface area contributed by atoms with E-state index in [4.69, 9.17) is 0 Å². The fourth-order valence-electron chi connectivity index (χ4n) is 1.41. The van der Waals surface area contributed by atoms with Crippen molar-refractivity contribution in [1.29, 1.82) is 0 Å². The van der Waals surface area contributed by atoms with Crippen molar-refractivity contribution in [1.82, 2.24) is 5.32 Å². The van der Waals surface area contributed by atoms with Gasteiger partial charge in [0, 0.05) is 6.54 Å². The molecule has 0 fully saturated rings. The zero-order chi connectivity index (χ0) is 6.97. The maximum atomic E-state index is 9.39. The van der Waals surface area contributed by atoms with Gasteiger partial charge >= 0.3 is 0 Å². The number of β-amino-alcohol motifs (C(OH)–C–C–N with tert-alkyl or cyclic N) is 1. The van der Waals surface area contributed by atoms with Gasteiger partial charge in [-0.25, -0.2) is 6.07 Å². The van der Waals surface area contributed by atoms with E-state index in [0.717, 1.165) is 12.1 Å². The Morgan fingerprint density at radius 3 is 3.40 bits per heavy atom. The van der Waals surface area contributed by atoms with E-state index in [1.807, 2.05) is 18.2 Å². The predicted molar refractivity (Wildman–Crippen MR) is 38.7 cm³/mol. The Kier molecular flexibility index (Phi) is 1.29. The minimum absolute atomic E-state index is 0.293. The van der Waals surface area contributed by atoms with Gasteiger partial charge in [0.05, 0.1) is 6.10 Å². The van der Waals surface area contributed by atoms with Gasteiger partial charge < -0.3 is 10.4 Å². The Morgan fingerprint density at radius 2 is 2.60 bits per heavy atom. The lowest BCUT2D eigenvalue weighted by Crippen LogP contribution is -2.26. The second-order valence-corrected chi connectivity index (χ2v) is 2.65. The SMILES string of the molecule is OC1CNCc2cc[cH-]c21. The molecule has 0 aromatic heterocycles. The monoisotopic (exact) mass is 136 g/mol. The number of hydrogen-bond acceptors (Lipinski definition) is 2. The van der Waals surface area contributed by atoms with Crippen molar-refractivity contribution in [3.8, 4) is 0 Å². The first-order valence-corrected chi connectivity index (χ1v) is 3.51. The Bertz CT molecular complexity index is 229. The van der Waals surface area contributed by atoms with Gasteiger partial charge in [-0.05, 0) is 6.54 Å². The van der Waals surface area contributed by atoms with Gasteiger partial charge in [0.15, 0.2) is 0 Å². The van der Waals surface area contributed by atoms with Crippen LogP contribution in [0.25, 0.3) is 0 Å². The maximum Gasteiger partial charge on any atom is 0.0689 e. The molecule has 0 saturated carbocycles. The lowest BCUT2D eigenvalue weighted by molar-refractivity contribution is 0.166. The first-order chi connectivity index (χ1) is 4.88. The molecule has 1 aromatic carbocycles. The fraction of sp³-hybridized carbons (Fsp3) is 0.375. The number of fused-ring (bicyclic) bond motifs is 1. The first-order valence-electron chi connectivity index (χ1n) is 3.51. The van der Waals surface area contributed by atoms with Crippen molar-refractivity contribution in [2.24, 2.45) is 0 Å². The molecule has 2 rings (SSSR count). The van der Waals surface area contributed by atoms with E-state index < -0.39 is 0 Å². The van der Waals surface area contributed by atoms with Crippen molar-refractivity contribution in [3.05, 3.63) is 29.3 Å².